The summed E-state index contributed by atoms with van der Waals surface area (Å²) in [5.41, 5.74) is 28.3. The van der Waals surface area contributed by atoms with Gasteiger partial charge in [0.2, 0.25) is 0 Å². The van der Waals surface area contributed by atoms with Gasteiger partial charge < -0.3 is 9.80 Å². The fraction of sp³-hybridized carbons (Fsp3) is 0.152. The Kier molecular flexibility index (Phi) is 9.81. The first-order chi connectivity index (χ1) is 33.1. The highest BCUT2D eigenvalue weighted by molar-refractivity contribution is 5.89. The van der Waals surface area contributed by atoms with Crippen molar-refractivity contribution in [2.75, 3.05) is 9.80 Å². The third-order valence-electron chi connectivity index (χ3n) is 15.3. The molecule has 0 unspecified atom stereocenters. The Morgan fingerprint density at radius 2 is 0.971 bits per heavy atom. The Morgan fingerprint density at radius 3 is 1.56 bits per heavy atom. The molecule has 12 rings (SSSR count). The minimum atomic E-state index is -0.159. The predicted molar refractivity (Wildman–Crippen MR) is 289 cm³/mol. The maximum absolute atomic E-state index is 4.28. The molecule has 330 valence electrons. The summed E-state index contributed by atoms with van der Waals surface area (Å²) in [6.07, 6.45) is 14.0. The van der Waals surface area contributed by atoms with E-state index in [0.29, 0.717) is 0 Å². The Morgan fingerprint density at radius 1 is 0.485 bits per heavy atom. The minimum absolute atomic E-state index is 0.0215. The minimum Gasteiger partial charge on any atom is -0.314 e. The molecule has 2 heteroatoms. The molecule has 0 saturated carbocycles. The van der Waals surface area contributed by atoms with Crippen molar-refractivity contribution in [3.05, 3.63) is 262 Å². The first kappa shape index (κ1) is 41.7. The Bertz CT molecular complexity index is 3390. The molecule has 0 radical (unpaired) electrons. The molecule has 0 bridgehead atoms. The molecule has 4 aliphatic rings. The van der Waals surface area contributed by atoms with Gasteiger partial charge in [0.15, 0.2) is 0 Å². The normalized spacial score (nSPS) is 15.9. The van der Waals surface area contributed by atoms with Gasteiger partial charge in [0.25, 0.3) is 0 Å². The van der Waals surface area contributed by atoms with E-state index in [4.69, 9.17) is 0 Å². The summed E-state index contributed by atoms with van der Waals surface area (Å²) in [6.45, 7) is 16.1. The summed E-state index contributed by atoms with van der Waals surface area (Å²) in [5.74, 6) is 0. The number of para-hydroxylation sites is 4. The van der Waals surface area contributed by atoms with Crippen molar-refractivity contribution >= 4 is 46.2 Å². The van der Waals surface area contributed by atoms with Gasteiger partial charge in [-0.05, 0) is 156 Å². The number of nitrogens with zero attached hydrogens (tertiary/aromatic N) is 2. The SMILES string of the molecule is C=CC(=CC=C(C)N1c2ccccc2Cc2ccccc21)c1ccc2c(c1)C(C)(C)c1cc(C=Cc3ccc4c(c3)C(C)(C)Cc3cc(N5c6ccccc6Cc6ccccc65)ccc3-4)ccc1-2. The van der Waals surface area contributed by atoms with Gasteiger partial charge in [-0.2, -0.15) is 0 Å². The maximum Gasteiger partial charge on any atom is 0.0497 e. The molecular formula is C66H56N2. The lowest BCUT2D eigenvalue weighted by Crippen LogP contribution is -2.26. The van der Waals surface area contributed by atoms with Crippen LogP contribution in [0.5, 0.6) is 0 Å². The molecule has 2 aliphatic heterocycles. The van der Waals surface area contributed by atoms with Crippen LogP contribution in [-0.4, -0.2) is 0 Å². The molecule has 0 atom stereocenters. The molecule has 2 aliphatic carbocycles. The smallest absolute Gasteiger partial charge is 0.0497 e. The van der Waals surface area contributed by atoms with E-state index < -0.39 is 0 Å². The third kappa shape index (κ3) is 6.84. The molecule has 8 aromatic rings. The second-order valence-electron chi connectivity index (χ2n) is 20.4. The second kappa shape index (κ2) is 16.0. The van der Waals surface area contributed by atoms with Crippen molar-refractivity contribution in [3.63, 3.8) is 0 Å². The van der Waals surface area contributed by atoms with E-state index in [1.165, 1.54) is 118 Å². The molecule has 0 saturated heterocycles. The zero-order chi connectivity index (χ0) is 46.3. The van der Waals surface area contributed by atoms with Gasteiger partial charge >= 0.3 is 0 Å². The lowest BCUT2D eigenvalue weighted by atomic mass is 9.69. The van der Waals surface area contributed by atoms with Crippen LogP contribution < -0.4 is 9.80 Å². The summed E-state index contributed by atoms with van der Waals surface area (Å²) >= 11 is 0. The van der Waals surface area contributed by atoms with E-state index in [-0.39, 0.29) is 10.8 Å². The van der Waals surface area contributed by atoms with Gasteiger partial charge in [0.05, 0.1) is 0 Å². The van der Waals surface area contributed by atoms with Crippen LogP contribution in [0.4, 0.5) is 28.4 Å². The molecule has 0 aromatic heterocycles. The zero-order valence-electron chi connectivity index (χ0n) is 39.8. The van der Waals surface area contributed by atoms with Gasteiger partial charge in [0, 0.05) is 52.4 Å². The van der Waals surface area contributed by atoms with E-state index in [2.05, 4.69) is 245 Å². The summed E-state index contributed by atoms with van der Waals surface area (Å²) in [7, 11) is 0. The van der Waals surface area contributed by atoms with Crippen LogP contribution in [0.1, 0.15) is 95.8 Å². The molecule has 2 nitrogen and oxygen atoms in total. The van der Waals surface area contributed by atoms with E-state index in [9.17, 15) is 0 Å². The molecule has 2 heterocycles. The Labute approximate surface area is 402 Å². The number of fused-ring (bicyclic) bond motifs is 10. The second-order valence-corrected chi connectivity index (χ2v) is 20.4. The summed E-state index contributed by atoms with van der Waals surface area (Å²) < 4.78 is 0. The van der Waals surface area contributed by atoms with Gasteiger partial charge in [-0.25, -0.2) is 0 Å². The fourth-order valence-electron chi connectivity index (χ4n) is 11.8. The standard InChI is InChI=1S/C66H56N2/c1-7-46(29-24-43(2)67-61-20-12-8-16-48(61)38-49-17-9-13-21-62(49)67)47-30-34-57-56-33-28-45(37-59(56)66(5,6)60(57)41-47)26-25-44-27-32-55-54-35-31-53(40-52(54)42-65(3,4)58(55)36-44)68-63-22-14-10-18-50(63)39-51-19-11-15-23-64(51)68/h7-37,40-41H,1,38-39,42H2,2-6H3. The third-order valence-corrected chi connectivity index (χ3v) is 15.3. The number of hydrogen-bond acceptors (Lipinski definition) is 2. The van der Waals surface area contributed by atoms with Crippen molar-refractivity contribution in [2.45, 2.75) is 64.7 Å². The van der Waals surface area contributed by atoms with Crippen LogP contribution in [-0.2, 0) is 30.1 Å². The van der Waals surface area contributed by atoms with Crippen LogP contribution in [0.3, 0.4) is 0 Å². The fourth-order valence-corrected chi connectivity index (χ4v) is 11.8. The number of allylic oxidation sites excluding steroid dienone is 5. The van der Waals surface area contributed by atoms with Crippen LogP contribution in [0.15, 0.2) is 200 Å². The van der Waals surface area contributed by atoms with Crippen molar-refractivity contribution < 1.29 is 0 Å². The van der Waals surface area contributed by atoms with Gasteiger partial charge in [-0.3, -0.25) is 0 Å². The first-order valence-electron chi connectivity index (χ1n) is 24.2. The van der Waals surface area contributed by atoms with Gasteiger partial charge in [0.1, 0.15) is 0 Å². The van der Waals surface area contributed by atoms with Crippen LogP contribution in [0, 0.1) is 0 Å². The molecule has 0 N–H and O–H groups in total. The molecule has 0 spiro atoms. The van der Waals surface area contributed by atoms with Crippen molar-refractivity contribution in [2.24, 2.45) is 0 Å². The number of benzene rings is 8. The largest absolute Gasteiger partial charge is 0.314 e. The number of rotatable bonds is 7. The zero-order valence-corrected chi connectivity index (χ0v) is 39.8. The molecular weight excluding hydrogens is 821 g/mol. The Hall–Kier alpha value is -7.68. The molecule has 8 aromatic carbocycles. The van der Waals surface area contributed by atoms with E-state index in [0.717, 1.165) is 24.8 Å². The Balaban J connectivity index is 0.806. The summed E-state index contributed by atoms with van der Waals surface area (Å²) in [6, 6.07) is 63.5. The highest BCUT2D eigenvalue weighted by atomic mass is 15.2. The van der Waals surface area contributed by atoms with E-state index >= 15 is 0 Å². The molecule has 0 fully saturated rings. The van der Waals surface area contributed by atoms with Gasteiger partial charge in [-0.15, -0.1) is 0 Å². The van der Waals surface area contributed by atoms with Gasteiger partial charge in [-0.1, -0.05) is 186 Å². The van der Waals surface area contributed by atoms with Crippen LogP contribution in [0.2, 0.25) is 0 Å². The van der Waals surface area contributed by atoms with Crippen LogP contribution >= 0.6 is 0 Å². The van der Waals surface area contributed by atoms with Crippen LogP contribution in [0.25, 0.3) is 40.0 Å². The molecule has 0 amide bonds. The maximum atomic E-state index is 4.28. The number of hydrogen-bond donors (Lipinski definition) is 0. The van der Waals surface area contributed by atoms with Crippen molar-refractivity contribution in [3.8, 4) is 22.3 Å². The average Bonchev–Trinajstić information content (AvgIpc) is 3.58. The topological polar surface area (TPSA) is 6.48 Å². The highest BCUT2D eigenvalue weighted by Gasteiger charge is 2.36. The van der Waals surface area contributed by atoms with Crippen molar-refractivity contribution in [1.29, 1.82) is 0 Å². The quantitative estimate of drug-likeness (QED) is 0.116. The lowest BCUT2D eigenvalue weighted by Gasteiger charge is -2.37. The summed E-state index contributed by atoms with van der Waals surface area (Å²) in [4.78, 5) is 4.86. The van der Waals surface area contributed by atoms with E-state index in [1.54, 1.807) is 0 Å². The first-order valence-corrected chi connectivity index (χ1v) is 24.2. The number of anilines is 5. The van der Waals surface area contributed by atoms with Crippen molar-refractivity contribution in [1.82, 2.24) is 0 Å². The monoisotopic (exact) mass is 876 g/mol. The molecule has 68 heavy (non-hydrogen) atoms. The summed E-state index contributed by atoms with van der Waals surface area (Å²) in [5, 5.41) is 0. The lowest BCUT2D eigenvalue weighted by molar-refractivity contribution is 0.517. The highest BCUT2D eigenvalue weighted by Crippen LogP contribution is 2.51. The average molecular weight is 877 g/mol. The predicted octanol–water partition coefficient (Wildman–Crippen LogP) is 17.3. The van der Waals surface area contributed by atoms with E-state index in [1.807, 2.05) is 6.08 Å².